The van der Waals surface area contributed by atoms with Crippen molar-refractivity contribution in [3.8, 4) is 16.9 Å². The Morgan fingerprint density at radius 2 is 1.12 bits per heavy atom. The van der Waals surface area contributed by atoms with E-state index in [1.807, 2.05) is 24.3 Å². The average Bonchev–Trinajstić information content (AvgIpc) is 2.81. The summed E-state index contributed by atoms with van der Waals surface area (Å²) in [5, 5.41) is 28.1. The Morgan fingerprint density at radius 1 is 0.594 bits per heavy atom. The van der Waals surface area contributed by atoms with Gasteiger partial charge in [0.15, 0.2) is 0 Å². The Bertz CT molecular complexity index is 1340. The Morgan fingerprint density at radius 3 is 1.75 bits per heavy atom. The Labute approximate surface area is 188 Å². The van der Waals surface area contributed by atoms with Crippen molar-refractivity contribution >= 4 is 21.5 Å². The quantitative estimate of drug-likeness (QED) is 0.366. The third kappa shape index (κ3) is 2.45. The molecule has 4 aliphatic rings. The van der Waals surface area contributed by atoms with E-state index in [4.69, 9.17) is 0 Å². The van der Waals surface area contributed by atoms with Crippen LogP contribution in [-0.2, 0) is 5.60 Å². The zero-order valence-electron chi connectivity index (χ0n) is 18.2. The second-order valence-corrected chi connectivity index (χ2v) is 10.5. The molecule has 0 unspecified atom stereocenters. The van der Waals surface area contributed by atoms with Crippen LogP contribution in [-0.4, -0.2) is 10.2 Å². The minimum absolute atomic E-state index is 0.286. The number of hydrogen-bond acceptors (Lipinski definition) is 2. The molecule has 4 bridgehead atoms. The van der Waals surface area contributed by atoms with Crippen LogP contribution in [0.3, 0.4) is 0 Å². The van der Waals surface area contributed by atoms with Crippen LogP contribution in [0, 0.1) is 23.7 Å². The molecule has 0 saturated heterocycles. The van der Waals surface area contributed by atoms with Crippen molar-refractivity contribution in [2.45, 2.75) is 37.7 Å². The first-order valence-corrected chi connectivity index (χ1v) is 12.1. The van der Waals surface area contributed by atoms with Crippen LogP contribution in [0.5, 0.6) is 5.75 Å². The molecule has 0 aromatic heterocycles. The molecular weight excluding hydrogens is 392 g/mol. The SMILES string of the molecule is Oc1ccc2ccccc2c1-c1c(C2(O)C3CC4CC(C3)CC2C4)ccc2ccccc12. The molecule has 32 heavy (non-hydrogen) atoms. The third-order valence-corrected chi connectivity index (χ3v) is 8.90. The van der Waals surface area contributed by atoms with Gasteiger partial charge in [0, 0.05) is 5.56 Å². The van der Waals surface area contributed by atoms with E-state index in [9.17, 15) is 10.2 Å². The largest absolute Gasteiger partial charge is 0.507 e. The minimum atomic E-state index is -0.823. The lowest BCUT2D eigenvalue weighted by molar-refractivity contribution is -0.179. The molecule has 2 N–H and O–H groups in total. The van der Waals surface area contributed by atoms with Gasteiger partial charge in [0.05, 0.1) is 5.60 Å². The van der Waals surface area contributed by atoms with Crippen molar-refractivity contribution in [3.63, 3.8) is 0 Å². The van der Waals surface area contributed by atoms with Crippen molar-refractivity contribution in [2.75, 3.05) is 0 Å². The van der Waals surface area contributed by atoms with Crippen LogP contribution in [0.15, 0.2) is 72.8 Å². The van der Waals surface area contributed by atoms with Crippen molar-refractivity contribution in [2.24, 2.45) is 23.7 Å². The summed E-state index contributed by atoms with van der Waals surface area (Å²) in [6.07, 6.45) is 5.90. The highest BCUT2D eigenvalue weighted by Gasteiger charge is 2.58. The lowest BCUT2D eigenvalue weighted by atomic mass is 9.48. The number of fused-ring (bicyclic) bond motifs is 2. The van der Waals surface area contributed by atoms with Crippen LogP contribution in [0.1, 0.15) is 37.7 Å². The van der Waals surface area contributed by atoms with Gasteiger partial charge in [0.25, 0.3) is 0 Å². The normalized spacial score (nSPS) is 30.9. The molecule has 0 amide bonds. The van der Waals surface area contributed by atoms with Gasteiger partial charge < -0.3 is 10.2 Å². The molecule has 0 heterocycles. The van der Waals surface area contributed by atoms with Crippen LogP contribution >= 0.6 is 0 Å². The fourth-order valence-electron chi connectivity index (χ4n) is 7.74. The number of rotatable bonds is 2. The zero-order chi connectivity index (χ0) is 21.4. The van der Waals surface area contributed by atoms with E-state index in [2.05, 4.69) is 48.5 Å². The number of aliphatic hydroxyl groups is 1. The Hall–Kier alpha value is -2.84. The molecule has 4 aromatic rings. The van der Waals surface area contributed by atoms with E-state index in [1.165, 1.54) is 6.42 Å². The first kappa shape index (κ1) is 18.7. The first-order chi connectivity index (χ1) is 15.6. The highest BCUT2D eigenvalue weighted by Crippen LogP contribution is 2.63. The maximum atomic E-state index is 12.5. The summed E-state index contributed by atoms with van der Waals surface area (Å²) in [4.78, 5) is 0. The molecule has 4 fully saturated rings. The van der Waals surface area contributed by atoms with Gasteiger partial charge in [-0.05, 0) is 94.5 Å². The lowest BCUT2D eigenvalue weighted by Gasteiger charge is -2.59. The van der Waals surface area contributed by atoms with Gasteiger partial charge in [0.2, 0.25) is 0 Å². The number of phenolic OH excluding ortho intramolecular Hbond substituents is 1. The van der Waals surface area contributed by atoms with Crippen molar-refractivity contribution < 1.29 is 10.2 Å². The Balaban J connectivity index is 1.58. The van der Waals surface area contributed by atoms with E-state index in [1.54, 1.807) is 0 Å². The van der Waals surface area contributed by atoms with E-state index in [0.29, 0.717) is 11.8 Å². The fraction of sp³-hybridized carbons (Fsp3) is 0.333. The maximum Gasteiger partial charge on any atom is 0.124 e. The topological polar surface area (TPSA) is 40.5 Å². The van der Waals surface area contributed by atoms with Gasteiger partial charge in [0.1, 0.15) is 5.75 Å². The molecule has 0 radical (unpaired) electrons. The summed E-state index contributed by atoms with van der Waals surface area (Å²) < 4.78 is 0. The molecular formula is C30H28O2. The first-order valence-electron chi connectivity index (χ1n) is 12.1. The molecule has 4 aliphatic carbocycles. The summed E-state index contributed by atoms with van der Waals surface area (Å²) in [6.45, 7) is 0. The second kappa shape index (κ2) is 6.59. The number of hydrogen-bond donors (Lipinski definition) is 2. The zero-order valence-corrected chi connectivity index (χ0v) is 18.2. The lowest BCUT2D eigenvalue weighted by Crippen LogP contribution is -2.55. The summed E-state index contributed by atoms with van der Waals surface area (Å²) in [6, 6.07) is 24.8. The second-order valence-electron chi connectivity index (χ2n) is 10.5. The molecule has 4 saturated carbocycles. The van der Waals surface area contributed by atoms with Gasteiger partial charge in [-0.25, -0.2) is 0 Å². The number of phenols is 1. The predicted octanol–water partition coefficient (Wildman–Crippen LogP) is 7.01. The molecule has 0 aliphatic heterocycles. The average molecular weight is 421 g/mol. The molecule has 8 rings (SSSR count). The predicted molar refractivity (Wildman–Crippen MR) is 129 cm³/mol. The van der Waals surface area contributed by atoms with Gasteiger partial charge >= 0.3 is 0 Å². The van der Waals surface area contributed by atoms with Gasteiger partial charge in [-0.15, -0.1) is 0 Å². The molecule has 2 nitrogen and oxygen atoms in total. The maximum absolute atomic E-state index is 12.5. The monoisotopic (exact) mass is 420 g/mol. The summed E-state index contributed by atoms with van der Waals surface area (Å²) in [5.74, 6) is 2.49. The molecule has 2 heteroatoms. The smallest absolute Gasteiger partial charge is 0.124 e. The van der Waals surface area contributed by atoms with Crippen molar-refractivity contribution in [1.29, 1.82) is 0 Å². The highest BCUT2D eigenvalue weighted by molar-refractivity contribution is 6.09. The molecule has 160 valence electrons. The van der Waals surface area contributed by atoms with Gasteiger partial charge in [-0.3, -0.25) is 0 Å². The standard InChI is InChI=1S/C30H28O2/c31-27-12-10-21-6-2-4-8-25(21)29(27)28-24-7-3-1-5-20(24)9-11-26(28)30(32)22-14-18-13-19(16-22)17-23(30)15-18/h1-12,18-19,22-23,31-32H,13-17H2. The van der Waals surface area contributed by atoms with Crippen LogP contribution in [0.2, 0.25) is 0 Å². The van der Waals surface area contributed by atoms with E-state index < -0.39 is 5.60 Å². The number of benzene rings is 4. The van der Waals surface area contributed by atoms with Crippen LogP contribution < -0.4 is 0 Å². The van der Waals surface area contributed by atoms with Crippen molar-refractivity contribution in [3.05, 3.63) is 78.4 Å². The fourth-order valence-corrected chi connectivity index (χ4v) is 7.74. The molecule has 4 aromatic carbocycles. The van der Waals surface area contributed by atoms with Crippen LogP contribution in [0.4, 0.5) is 0 Å². The molecule has 0 atom stereocenters. The molecule has 0 spiro atoms. The van der Waals surface area contributed by atoms with Gasteiger partial charge in [-0.2, -0.15) is 0 Å². The summed E-state index contributed by atoms with van der Waals surface area (Å²) in [7, 11) is 0. The van der Waals surface area contributed by atoms with E-state index in [0.717, 1.165) is 75.8 Å². The number of aromatic hydroxyl groups is 1. The third-order valence-electron chi connectivity index (χ3n) is 8.90. The van der Waals surface area contributed by atoms with Gasteiger partial charge in [-0.1, -0.05) is 66.7 Å². The Kier molecular flexibility index (Phi) is 3.85. The van der Waals surface area contributed by atoms with Crippen LogP contribution in [0.25, 0.3) is 32.7 Å². The highest BCUT2D eigenvalue weighted by atomic mass is 16.3. The minimum Gasteiger partial charge on any atom is -0.507 e. The summed E-state index contributed by atoms with van der Waals surface area (Å²) in [5.41, 5.74) is 2.08. The van der Waals surface area contributed by atoms with Crippen molar-refractivity contribution in [1.82, 2.24) is 0 Å². The summed E-state index contributed by atoms with van der Waals surface area (Å²) >= 11 is 0. The van der Waals surface area contributed by atoms with E-state index in [-0.39, 0.29) is 5.75 Å². The van der Waals surface area contributed by atoms with E-state index >= 15 is 0 Å².